The third-order valence-electron chi connectivity index (χ3n) is 5.29. The van der Waals surface area contributed by atoms with E-state index in [1.807, 2.05) is 12.1 Å². The second-order valence-electron chi connectivity index (χ2n) is 7.01. The van der Waals surface area contributed by atoms with Crippen LogP contribution in [0.2, 0.25) is 0 Å². The number of nitrogens with two attached hydrogens (primary N) is 1. The zero-order chi connectivity index (χ0) is 16.7. The van der Waals surface area contributed by atoms with Gasteiger partial charge in [0.2, 0.25) is 5.95 Å². The minimum absolute atomic E-state index is 0.154. The van der Waals surface area contributed by atoms with Gasteiger partial charge in [0.15, 0.2) is 0 Å². The fourth-order valence-electron chi connectivity index (χ4n) is 4.38. The molecule has 0 bridgehead atoms. The zero-order valence-corrected chi connectivity index (χ0v) is 13.8. The van der Waals surface area contributed by atoms with Crippen LogP contribution in [0.1, 0.15) is 17.2 Å². The number of rotatable bonds is 3. The molecule has 2 N–H and O–H groups in total. The van der Waals surface area contributed by atoms with E-state index in [2.05, 4.69) is 26.8 Å². The van der Waals surface area contributed by atoms with Crippen molar-refractivity contribution in [3.63, 3.8) is 0 Å². The van der Waals surface area contributed by atoms with E-state index in [1.165, 1.54) is 6.07 Å². The first-order valence-corrected chi connectivity index (χ1v) is 8.34. The van der Waals surface area contributed by atoms with Crippen molar-refractivity contribution >= 4 is 5.95 Å². The minimum atomic E-state index is -0.154. The van der Waals surface area contributed by atoms with Crippen molar-refractivity contribution < 1.29 is 4.39 Å². The van der Waals surface area contributed by atoms with Crippen molar-refractivity contribution in [2.45, 2.75) is 12.6 Å². The first-order chi connectivity index (χ1) is 11.6. The molecule has 5 nitrogen and oxygen atoms in total. The molecule has 4 rings (SSSR count). The smallest absolute Gasteiger partial charge is 0.219 e. The Bertz CT molecular complexity index is 720. The van der Waals surface area contributed by atoms with Gasteiger partial charge in [-0.25, -0.2) is 14.4 Å². The van der Waals surface area contributed by atoms with E-state index in [4.69, 9.17) is 5.73 Å². The molecule has 2 aromatic rings. The number of likely N-dealkylation sites (tertiary alicyclic amines) is 2. The monoisotopic (exact) mass is 327 g/mol. The van der Waals surface area contributed by atoms with Crippen LogP contribution in [0, 0.1) is 17.7 Å². The lowest BCUT2D eigenvalue weighted by molar-refractivity contribution is 0.224. The summed E-state index contributed by atoms with van der Waals surface area (Å²) in [6.45, 7) is 3.97. The molecule has 2 aliphatic rings. The van der Waals surface area contributed by atoms with Crippen LogP contribution in [0.15, 0.2) is 36.7 Å². The molecule has 3 atom stereocenters. The van der Waals surface area contributed by atoms with Gasteiger partial charge in [-0.15, -0.1) is 0 Å². The Morgan fingerprint density at radius 2 is 2.00 bits per heavy atom. The summed E-state index contributed by atoms with van der Waals surface area (Å²) in [5.74, 6) is 1.31. The molecule has 126 valence electrons. The van der Waals surface area contributed by atoms with Crippen molar-refractivity contribution in [3.05, 3.63) is 53.6 Å². The van der Waals surface area contributed by atoms with E-state index < -0.39 is 0 Å². The summed E-state index contributed by atoms with van der Waals surface area (Å²) in [6.07, 6.45) is 3.60. The lowest BCUT2D eigenvalue weighted by atomic mass is 9.89. The Kier molecular flexibility index (Phi) is 3.94. The van der Waals surface area contributed by atoms with Gasteiger partial charge < -0.3 is 5.73 Å². The Labute approximate surface area is 141 Å². The molecule has 2 saturated heterocycles. The summed E-state index contributed by atoms with van der Waals surface area (Å²) in [5, 5.41) is 0. The van der Waals surface area contributed by atoms with Gasteiger partial charge in [-0.2, -0.15) is 0 Å². The van der Waals surface area contributed by atoms with E-state index in [9.17, 15) is 4.39 Å². The van der Waals surface area contributed by atoms with Crippen molar-refractivity contribution in [2.75, 3.05) is 32.4 Å². The highest BCUT2D eigenvalue weighted by atomic mass is 19.1. The lowest BCUT2D eigenvalue weighted by Gasteiger charge is -2.26. The highest BCUT2D eigenvalue weighted by Crippen LogP contribution is 2.44. The molecule has 0 radical (unpaired) electrons. The normalized spacial score (nSPS) is 27.5. The van der Waals surface area contributed by atoms with Crippen LogP contribution in [0.3, 0.4) is 0 Å². The molecule has 2 aliphatic heterocycles. The Hall–Kier alpha value is -2.05. The Balaban J connectivity index is 1.49. The highest BCUT2D eigenvalue weighted by Gasteiger charge is 2.45. The van der Waals surface area contributed by atoms with Crippen molar-refractivity contribution in [1.82, 2.24) is 19.8 Å². The number of nitrogen functional groups attached to an aromatic ring is 1. The second kappa shape index (κ2) is 6.11. The number of nitrogens with zero attached hydrogens (tertiary/aromatic N) is 4. The van der Waals surface area contributed by atoms with Gasteiger partial charge in [-0.1, -0.05) is 12.1 Å². The van der Waals surface area contributed by atoms with Crippen LogP contribution in [0.4, 0.5) is 10.3 Å². The molecule has 0 saturated carbocycles. The van der Waals surface area contributed by atoms with Crippen LogP contribution in [0.25, 0.3) is 0 Å². The highest BCUT2D eigenvalue weighted by molar-refractivity contribution is 5.24. The third-order valence-corrected chi connectivity index (χ3v) is 5.29. The molecule has 0 unspecified atom stereocenters. The fourth-order valence-corrected chi connectivity index (χ4v) is 4.38. The quantitative estimate of drug-likeness (QED) is 0.933. The number of anilines is 1. The van der Waals surface area contributed by atoms with Gasteiger partial charge in [-0.05, 0) is 36.6 Å². The molecule has 0 spiro atoms. The molecule has 1 aromatic carbocycles. The first-order valence-electron chi connectivity index (χ1n) is 8.34. The van der Waals surface area contributed by atoms with Crippen LogP contribution in [-0.4, -0.2) is 46.4 Å². The predicted octanol–water partition coefficient (Wildman–Crippen LogP) is 1.93. The molecule has 0 amide bonds. The topological polar surface area (TPSA) is 58.3 Å². The van der Waals surface area contributed by atoms with Crippen molar-refractivity contribution in [3.8, 4) is 0 Å². The van der Waals surface area contributed by atoms with E-state index in [1.54, 1.807) is 18.5 Å². The van der Waals surface area contributed by atoms with E-state index in [-0.39, 0.29) is 5.82 Å². The van der Waals surface area contributed by atoms with Crippen LogP contribution < -0.4 is 5.73 Å². The summed E-state index contributed by atoms with van der Waals surface area (Å²) >= 11 is 0. The maximum absolute atomic E-state index is 13.6. The molecule has 3 heterocycles. The van der Waals surface area contributed by atoms with Gasteiger partial charge in [0.1, 0.15) is 5.82 Å². The Morgan fingerprint density at radius 3 is 2.75 bits per heavy atom. The number of hydrogen-bond donors (Lipinski definition) is 1. The van der Waals surface area contributed by atoms with E-state index in [0.717, 1.165) is 37.3 Å². The van der Waals surface area contributed by atoms with Gasteiger partial charge >= 0.3 is 0 Å². The van der Waals surface area contributed by atoms with Gasteiger partial charge in [0.05, 0.1) is 0 Å². The minimum Gasteiger partial charge on any atom is -0.368 e. The zero-order valence-electron chi connectivity index (χ0n) is 13.8. The van der Waals surface area contributed by atoms with Crippen LogP contribution in [-0.2, 0) is 6.54 Å². The largest absolute Gasteiger partial charge is 0.368 e. The molecule has 2 fully saturated rings. The third kappa shape index (κ3) is 2.87. The summed E-state index contributed by atoms with van der Waals surface area (Å²) < 4.78 is 13.6. The maximum Gasteiger partial charge on any atom is 0.219 e. The van der Waals surface area contributed by atoms with Gasteiger partial charge in [0, 0.05) is 50.2 Å². The Morgan fingerprint density at radius 1 is 1.21 bits per heavy atom. The standard InChI is InChI=1S/C18H22FN5/c1-23-9-14-10-24(8-12-6-21-18(20)22-7-12)11-16(14)17(23)13-3-2-4-15(19)5-13/h2-7,14,16-17H,8-11H2,1H3,(H2,20,21,22)/t14-,16+,17-/m0/s1. The molecule has 1 aromatic heterocycles. The molecule has 6 heteroatoms. The van der Waals surface area contributed by atoms with Crippen LogP contribution >= 0.6 is 0 Å². The molecule has 24 heavy (non-hydrogen) atoms. The van der Waals surface area contributed by atoms with E-state index in [0.29, 0.717) is 23.8 Å². The lowest BCUT2D eigenvalue weighted by Crippen LogP contribution is -2.29. The SMILES string of the molecule is CN1C[C@H]2CN(Cc3cnc(N)nc3)C[C@H]2[C@@H]1c1cccc(F)c1. The summed E-state index contributed by atoms with van der Waals surface area (Å²) in [7, 11) is 2.14. The molecular formula is C18H22FN5. The summed E-state index contributed by atoms with van der Waals surface area (Å²) in [6, 6.07) is 7.34. The predicted molar refractivity (Wildman–Crippen MR) is 90.5 cm³/mol. The number of benzene rings is 1. The van der Waals surface area contributed by atoms with Crippen LogP contribution in [0.5, 0.6) is 0 Å². The average Bonchev–Trinajstić information content (AvgIpc) is 3.05. The van der Waals surface area contributed by atoms with Crippen molar-refractivity contribution in [1.29, 1.82) is 0 Å². The second-order valence-corrected chi connectivity index (χ2v) is 7.01. The summed E-state index contributed by atoms with van der Waals surface area (Å²) in [4.78, 5) is 13.0. The number of hydrogen-bond acceptors (Lipinski definition) is 5. The fraction of sp³-hybridized carbons (Fsp3) is 0.444. The molecular weight excluding hydrogens is 305 g/mol. The number of fused-ring (bicyclic) bond motifs is 1. The maximum atomic E-state index is 13.6. The average molecular weight is 327 g/mol. The molecule has 0 aliphatic carbocycles. The summed E-state index contributed by atoms with van der Waals surface area (Å²) in [5.41, 5.74) is 7.72. The van der Waals surface area contributed by atoms with Gasteiger partial charge in [0.25, 0.3) is 0 Å². The van der Waals surface area contributed by atoms with Crippen molar-refractivity contribution in [2.24, 2.45) is 11.8 Å². The first kappa shape index (κ1) is 15.5. The number of halogens is 1. The van der Waals surface area contributed by atoms with E-state index >= 15 is 0 Å². The number of aromatic nitrogens is 2. The van der Waals surface area contributed by atoms with Gasteiger partial charge in [-0.3, -0.25) is 9.80 Å².